The lowest BCUT2D eigenvalue weighted by Gasteiger charge is -2.03. The molecule has 0 saturated carbocycles. The fraction of sp³-hybridized carbons (Fsp3) is 0.357. The molecule has 110 valence electrons. The van der Waals surface area contributed by atoms with Crippen molar-refractivity contribution < 1.29 is 17.9 Å². The van der Waals surface area contributed by atoms with Crippen LogP contribution >= 0.6 is 0 Å². The predicted molar refractivity (Wildman–Crippen MR) is 78.4 cm³/mol. The molecule has 0 fully saturated rings. The summed E-state index contributed by atoms with van der Waals surface area (Å²) in [6, 6.07) is 7.41. The smallest absolute Gasteiger partial charge is 0.321 e. The summed E-state index contributed by atoms with van der Waals surface area (Å²) >= 11 is 0. The Bertz CT molecular complexity index is 561. The quantitative estimate of drug-likeness (QED) is 0.779. The van der Waals surface area contributed by atoms with Gasteiger partial charge in [-0.1, -0.05) is 36.8 Å². The number of benzene rings is 1. The molecule has 1 N–H and O–H groups in total. The largest absolute Gasteiger partial charge is 0.465 e. The van der Waals surface area contributed by atoms with Crippen LogP contribution < -0.4 is 4.72 Å². The van der Waals surface area contributed by atoms with Crippen LogP contribution in [-0.4, -0.2) is 27.5 Å². The van der Waals surface area contributed by atoms with Crippen molar-refractivity contribution >= 4 is 22.1 Å². The highest BCUT2D eigenvalue weighted by Crippen LogP contribution is 2.05. The molecular weight excluding hydrogens is 278 g/mol. The van der Waals surface area contributed by atoms with Crippen molar-refractivity contribution in [3.05, 3.63) is 40.8 Å². The van der Waals surface area contributed by atoms with Gasteiger partial charge in [0.2, 0.25) is 10.0 Å². The van der Waals surface area contributed by atoms with Crippen LogP contribution in [0.25, 0.3) is 6.08 Å². The molecule has 20 heavy (non-hydrogen) atoms. The molecule has 0 aliphatic rings. The third-order valence-electron chi connectivity index (χ3n) is 2.40. The molecule has 1 aromatic carbocycles. The summed E-state index contributed by atoms with van der Waals surface area (Å²) in [6.45, 7) is 3.75. The van der Waals surface area contributed by atoms with Crippen molar-refractivity contribution in [1.29, 1.82) is 0 Å². The molecule has 0 spiro atoms. The van der Waals surface area contributed by atoms with Gasteiger partial charge in [-0.05, 0) is 25.0 Å². The van der Waals surface area contributed by atoms with Gasteiger partial charge >= 0.3 is 5.97 Å². The van der Waals surface area contributed by atoms with Crippen molar-refractivity contribution in [3.63, 3.8) is 0 Å². The summed E-state index contributed by atoms with van der Waals surface area (Å²) in [5, 5.41) is 1.03. The Hall–Kier alpha value is -1.66. The number of hydrogen-bond acceptors (Lipinski definition) is 4. The van der Waals surface area contributed by atoms with E-state index in [9.17, 15) is 13.2 Å². The first-order valence-electron chi connectivity index (χ1n) is 6.33. The number of esters is 1. The molecule has 0 atom stereocenters. The molecule has 0 bridgehead atoms. The van der Waals surface area contributed by atoms with E-state index in [2.05, 4.69) is 4.72 Å². The lowest BCUT2D eigenvalue weighted by atomic mass is 10.2. The normalized spacial score (nSPS) is 11.7. The second-order valence-electron chi connectivity index (χ2n) is 4.30. The third-order valence-corrected chi connectivity index (χ3v) is 3.44. The van der Waals surface area contributed by atoms with E-state index >= 15 is 0 Å². The fourth-order valence-corrected chi connectivity index (χ4v) is 2.07. The third kappa shape index (κ3) is 6.49. The minimum Gasteiger partial charge on any atom is -0.465 e. The molecule has 0 aromatic heterocycles. The van der Waals surface area contributed by atoms with Crippen LogP contribution in [0.3, 0.4) is 0 Å². The summed E-state index contributed by atoms with van der Waals surface area (Å²) in [7, 11) is -3.64. The minimum atomic E-state index is -3.64. The van der Waals surface area contributed by atoms with Crippen molar-refractivity contribution in [2.75, 3.05) is 13.2 Å². The van der Waals surface area contributed by atoms with Crippen molar-refractivity contribution in [2.45, 2.75) is 20.3 Å². The molecule has 0 unspecified atom stereocenters. The summed E-state index contributed by atoms with van der Waals surface area (Å²) in [4.78, 5) is 11.2. The van der Waals surface area contributed by atoms with E-state index < -0.39 is 16.0 Å². The molecule has 6 heteroatoms. The second-order valence-corrected chi connectivity index (χ2v) is 5.95. The molecule has 0 heterocycles. The van der Waals surface area contributed by atoms with Crippen LogP contribution in [0.5, 0.6) is 0 Å². The molecule has 0 saturated heterocycles. The van der Waals surface area contributed by atoms with E-state index in [1.165, 1.54) is 6.08 Å². The molecule has 0 amide bonds. The van der Waals surface area contributed by atoms with Gasteiger partial charge in [0.05, 0.1) is 6.61 Å². The molecule has 1 aromatic rings. The predicted octanol–water partition coefficient (Wildman–Crippen LogP) is 1.84. The number of nitrogens with one attached hydrogen (secondary N) is 1. The molecule has 0 aliphatic heterocycles. The molecule has 5 nitrogen and oxygen atoms in total. The number of carbonyl (C=O) groups excluding carboxylic acids is 1. The highest BCUT2D eigenvalue weighted by molar-refractivity contribution is 7.92. The average Bonchev–Trinajstić information content (AvgIpc) is 2.42. The zero-order chi connectivity index (χ0) is 15.0. The van der Waals surface area contributed by atoms with Gasteiger partial charge < -0.3 is 4.74 Å². The van der Waals surface area contributed by atoms with Crippen molar-refractivity contribution in [2.24, 2.45) is 0 Å². The highest BCUT2D eigenvalue weighted by Gasteiger charge is 2.09. The van der Waals surface area contributed by atoms with Crippen LogP contribution in [-0.2, 0) is 19.6 Å². The van der Waals surface area contributed by atoms with Gasteiger partial charge in [-0.2, -0.15) is 0 Å². The zero-order valence-corrected chi connectivity index (χ0v) is 12.4. The van der Waals surface area contributed by atoms with Crippen molar-refractivity contribution in [1.82, 2.24) is 4.72 Å². The first kappa shape index (κ1) is 16.4. The van der Waals surface area contributed by atoms with Gasteiger partial charge in [0, 0.05) is 5.41 Å². The zero-order valence-electron chi connectivity index (χ0n) is 11.6. The minimum absolute atomic E-state index is 0.291. The number of aryl methyl sites for hydroxylation is 1. The Balaban J connectivity index is 2.52. The highest BCUT2D eigenvalue weighted by atomic mass is 32.2. The van der Waals surface area contributed by atoms with Gasteiger partial charge in [-0.3, -0.25) is 4.79 Å². The number of sulfonamides is 1. The van der Waals surface area contributed by atoms with Crippen LogP contribution in [0.4, 0.5) is 0 Å². The van der Waals surface area contributed by atoms with Crippen molar-refractivity contribution in [3.8, 4) is 0 Å². The lowest BCUT2D eigenvalue weighted by molar-refractivity contribution is -0.142. The molecular formula is C14H19NO4S. The maximum Gasteiger partial charge on any atom is 0.321 e. The van der Waals surface area contributed by atoms with Crippen LogP contribution in [0.2, 0.25) is 0 Å². The Kier molecular flexibility index (Phi) is 6.41. The van der Waals surface area contributed by atoms with Crippen LogP contribution in [0.15, 0.2) is 29.7 Å². The van der Waals surface area contributed by atoms with E-state index in [1.807, 2.05) is 38.1 Å². The van der Waals surface area contributed by atoms with E-state index in [1.54, 1.807) is 0 Å². The topological polar surface area (TPSA) is 72.5 Å². The number of ether oxygens (including phenoxy) is 1. The Morgan fingerprint density at radius 1 is 1.30 bits per heavy atom. The van der Waals surface area contributed by atoms with E-state index in [-0.39, 0.29) is 6.54 Å². The second kappa shape index (κ2) is 7.81. The Morgan fingerprint density at radius 2 is 1.95 bits per heavy atom. The van der Waals surface area contributed by atoms with Crippen LogP contribution in [0, 0.1) is 6.92 Å². The molecule has 1 rings (SSSR count). The monoisotopic (exact) mass is 297 g/mol. The number of carbonyl (C=O) groups is 1. The molecule has 0 aliphatic carbocycles. The Labute approximate surface area is 119 Å². The Morgan fingerprint density at radius 3 is 2.55 bits per heavy atom. The maximum absolute atomic E-state index is 11.6. The lowest BCUT2D eigenvalue weighted by Crippen LogP contribution is -2.29. The fourth-order valence-electron chi connectivity index (χ4n) is 1.32. The van der Waals surface area contributed by atoms with Gasteiger partial charge in [0.25, 0.3) is 0 Å². The number of rotatable bonds is 7. The summed E-state index contributed by atoms with van der Waals surface area (Å²) in [6.07, 6.45) is 2.17. The SMILES string of the molecule is CCCOC(=O)CNS(=O)(=O)/C=C/c1ccc(C)cc1. The summed E-state index contributed by atoms with van der Waals surface area (Å²) < 4.78 is 30.2. The van der Waals surface area contributed by atoms with E-state index in [4.69, 9.17) is 4.74 Å². The summed E-state index contributed by atoms with van der Waals surface area (Å²) in [5.74, 6) is -0.584. The summed E-state index contributed by atoms with van der Waals surface area (Å²) in [5.41, 5.74) is 1.87. The van der Waals surface area contributed by atoms with E-state index in [0.29, 0.717) is 13.0 Å². The van der Waals surface area contributed by atoms with E-state index in [0.717, 1.165) is 16.5 Å². The van der Waals surface area contributed by atoms with Gasteiger partial charge in [0.15, 0.2) is 0 Å². The number of hydrogen-bond donors (Lipinski definition) is 1. The van der Waals surface area contributed by atoms with Gasteiger partial charge in [-0.25, -0.2) is 13.1 Å². The van der Waals surface area contributed by atoms with Gasteiger partial charge in [0.1, 0.15) is 6.54 Å². The average molecular weight is 297 g/mol. The first-order valence-corrected chi connectivity index (χ1v) is 7.87. The van der Waals surface area contributed by atoms with Gasteiger partial charge in [-0.15, -0.1) is 0 Å². The standard InChI is InChI=1S/C14H19NO4S/c1-3-9-19-14(16)11-15-20(17,18)10-8-13-6-4-12(2)5-7-13/h4-8,10,15H,3,9,11H2,1-2H3/b10-8+. The van der Waals surface area contributed by atoms with Crippen LogP contribution in [0.1, 0.15) is 24.5 Å². The molecule has 0 radical (unpaired) electrons. The maximum atomic E-state index is 11.6. The first-order chi connectivity index (χ1) is 9.43.